The summed E-state index contributed by atoms with van der Waals surface area (Å²) in [7, 11) is -2.12. The Morgan fingerprint density at radius 1 is 1.07 bits per heavy atom. The molecule has 0 aliphatic rings. The van der Waals surface area contributed by atoms with Gasteiger partial charge in [0.25, 0.3) is 5.91 Å². The van der Waals surface area contributed by atoms with E-state index in [1.165, 1.54) is 13.1 Å². The summed E-state index contributed by atoms with van der Waals surface area (Å²) in [6, 6.07) is 16.1. The number of sulfonamides is 1. The first-order valence-electron chi connectivity index (χ1n) is 9.08. The molecule has 0 aliphatic carbocycles. The fourth-order valence-corrected chi connectivity index (χ4v) is 5.13. The number of para-hydroxylation sites is 1. The van der Waals surface area contributed by atoms with Crippen LogP contribution in [0, 0.1) is 0 Å². The van der Waals surface area contributed by atoms with Crippen LogP contribution in [0.25, 0.3) is 22.2 Å². The van der Waals surface area contributed by atoms with Crippen LogP contribution < -0.4 is 10.0 Å². The fourth-order valence-electron chi connectivity index (χ4n) is 2.99. The number of amides is 1. The highest BCUT2D eigenvalue weighted by Gasteiger charge is 2.16. The summed E-state index contributed by atoms with van der Waals surface area (Å²) in [5, 5.41) is 3.63. The van der Waals surface area contributed by atoms with E-state index in [0.717, 1.165) is 32.7 Å². The van der Waals surface area contributed by atoms with Crippen molar-refractivity contribution in [2.75, 3.05) is 7.05 Å². The van der Waals surface area contributed by atoms with Crippen LogP contribution >= 0.6 is 11.3 Å². The Morgan fingerprint density at radius 2 is 1.83 bits per heavy atom. The molecule has 1 amide bonds. The number of benzene rings is 1. The Balaban J connectivity index is 1.63. The van der Waals surface area contributed by atoms with E-state index in [-0.39, 0.29) is 16.7 Å². The van der Waals surface area contributed by atoms with Crippen LogP contribution in [-0.4, -0.2) is 31.3 Å². The quantitative estimate of drug-likeness (QED) is 0.481. The normalized spacial score (nSPS) is 11.5. The molecule has 4 rings (SSSR count). The molecule has 4 aromatic rings. The van der Waals surface area contributed by atoms with E-state index in [1.54, 1.807) is 24.5 Å². The van der Waals surface area contributed by atoms with Crippen molar-refractivity contribution in [1.82, 2.24) is 20.0 Å². The van der Waals surface area contributed by atoms with E-state index in [1.807, 2.05) is 36.4 Å². The Morgan fingerprint density at radius 3 is 2.60 bits per heavy atom. The van der Waals surface area contributed by atoms with Gasteiger partial charge >= 0.3 is 0 Å². The van der Waals surface area contributed by atoms with Gasteiger partial charge in [-0.15, -0.1) is 11.3 Å². The molecule has 3 heterocycles. The molecule has 2 N–H and O–H groups in total. The van der Waals surface area contributed by atoms with E-state index in [2.05, 4.69) is 20.0 Å². The van der Waals surface area contributed by atoms with Gasteiger partial charge in [0, 0.05) is 28.2 Å². The van der Waals surface area contributed by atoms with Crippen LogP contribution in [0.15, 0.2) is 71.2 Å². The summed E-state index contributed by atoms with van der Waals surface area (Å²) in [5.41, 5.74) is 2.77. The maximum absolute atomic E-state index is 13.0. The topological polar surface area (TPSA) is 101 Å². The van der Waals surface area contributed by atoms with Crippen LogP contribution in [-0.2, 0) is 16.6 Å². The van der Waals surface area contributed by atoms with Gasteiger partial charge in [0.1, 0.15) is 4.21 Å². The van der Waals surface area contributed by atoms with Gasteiger partial charge in [-0.25, -0.2) is 18.1 Å². The highest BCUT2D eigenvalue weighted by atomic mass is 32.2. The third-order valence-electron chi connectivity index (χ3n) is 4.53. The lowest BCUT2D eigenvalue weighted by atomic mass is 10.0. The molecule has 0 fully saturated rings. The maximum atomic E-state index is 13.0. The number of pyridine rings is 2. The summed E-state index contributed by atoms with van der Waals surface area (Å²) in [5.74, 6) is -0.254. The molecule has 30 heavy (non-hydrogen) atoms. The minimum absolute atomic E-state index is 0.212. The number of rotatable bonds is 6. The lowest BCUT2D eigenvalue weighted by Gasteiger charge is -2.10. The second-order valence-corrected chi connectivity index (χ2v) is 9.70. The second kappa shape index (κ2) is 8.31. The molecule has 0 saturated heterocycles. The first-order chi connectivity index (χ1) is 14.5. The smallest absolute Gasteiger partial charge is 0.252 e. The van der Waals surface area contributed by atoms with Crippen molar-refractivity contribution in [1.29, 1.82) is 0 Å². The fraction of sp³-hybridized carbons (Fsp3) is 0.0952. The number of aromatic nitrogens is 2. The number of thiophene rings is 1. The van der Waals surface area contributed by atoms with Crippen molar-refractivity contribution in [2.24, 2.45) is 0 Å². The molecule has 0 bridgehead atoms. The molecule has 0 aliphatic heterocycles. The molecule has 0 radical (unpaired) electrons. The first kappa shape index (κ1) is 20.1. The predicted octanol–water partition coefficient (Wildman–Crippen LogP) is 3.20. The van der Waals surface area contributed by atoms with Crippen LogP contribution in [0.2, 0.25) is 0 Å². The largest absolute Gasteiger partial charge is 0.347 e. The van der Waals surface area contributed by atoms with Gasteiger partial charge in [0.2, 0.25) is 10.0 Å². The van der Waals surface area contributed by atoms with Crippen molar-refractivity contribution in [3.05, 3.63) is 77.4 Å². The average molecular weight is 439 g/mol. The molecule has 0 spiro atoms. The first-order valence-corrected chi connectivity index (χ1v) is 11.4. The van der Waals surface area contributed by atoms with E-state index >= 15 is 0 Å². The Hall–Kier alpha value is -3.14. The SMILES string of the molecule is CNS(=O)(=O)c1ccc(CNC(=O)c2cc(-c3ccncc3)nc3ccccc23)s1. The Labute approximate surface area is 177 Å². The standard InChI is InChI=1S/C21H18N4O3S2/c1-22-30(27,28)20-7-6-15(29-20)13-24-21(26)17-12-19(14-8-10-23-11-9-14)25-18-5-3-2-4-16(17)18/h2-12,22H,13H2,1H3,(H,24,26). The molecule has 7 nitrogen and oxygen atoms in total. The van der Waals surface area contributed by atoms with E-state index in [0.29, 0.717) is 11.3 Å². The Bertz CT molecular complexity index is 1320. The highest BCUT2D eigenvalue weighted by Crippen LogP contribution is 2.25. The molecule has 0 unspecified atom stereocenters. The van der Waals surface area contributed by atoms with Crippen LogP contribution in [0.1, 0.15) is 15.2 Å². The zero-order valence-electron chi connectivity index (χ0n) is 16.0. The van der Waals surface area contributed by atoms with Gasteiger partial charge in [-0.2, -0.15) is 0 Å². The summed E-state index contributed by atoms with van der Waals surface area (Å²) in [6.45, 7) is 0.226. The highest BCUT2D eigenvalue weighted by molar-refractivity contribution is 7.91. The average Bonchev–Trinajstić information content (AvgIpc) is 3.27. The minimum Gasteiger partial charge on any atom is -0.347 e. The lowest BCUT2D eigenvalue weighted by Crippen LogP contribution is -2.23. The van der Waals surface area contributed by atoms with Gasteiger partial charge < -0.3 is 5.32 Å². The van der Waals surface area contributed by atoms with E-state index in [9.17, 15) is 13.2 Å². The van der Waals surface area contributed by atoms with Gasteiger partial charge in [-0.1, -0.05) is 18.2 Å². The number of nitrogens with zero attached hydrogens (tertiary/aromatic N) is 2. The molecule has 0 saturated carbocycles. The number of nitrogens with one attached hydrogen (secondary N) is 2. The number of hydrogen-bond acceptors (Lipinski definition) is 6. The molecular formula is C21H18N4O3S2. The summed E-state index contributed by atoms with van der Waals surface area (Å²) in [6.07, 6.45) is 3.36. The molecule has 152 valence electrons. The van der Waals surface area contributed by atoms with Crippen molar-refractivity contribution >= 4 is 38.2 Å². The minimum atomic E-state index is -3.49. The molecule has 9 heteroatoms. The number of carbonyl (C=O) groups excluding carboxylic acids is 1. The number of fused-ring (bicyclic) bond motifs is 1. The lowest BCUT2D eigenvalue weighted by molar-refractivity contribution is 0.0953. The molecular weight excluding hydrogens is 420 g/mol. The van der Waals surface area contributed by atoms with Crippen LogP contribution in [0.4, 0.5) is 0 Å². The summed E-state index contributed by atoms with van der Waals surface area (Å²) in [4.78, 5) is 22.4. The second-order valence-electron chi connectivity index (χ2n) is 6.42. The maximum Gasteiger partial charge on any atom is 0.252 e. The Kier molecular flexibility index (Phi) is 5.58. The third-order valence-corrected chi connectivity index (χ3v) is 7.52. The molecule has 3 aromatic heterocycles. The van der Waals surface area contributed by atoms with Gasteiger partial charge in [0.15, 0.2) is 0 Å². The summed E-state index contributed by atoms with van der Waals surface area (Å²) < 4.78 is 26.3. The van der Waals surface area contributed by atoms with Gasteiger partial charge in [-0.05, 0) is 43.4 Å². The van der Waals surface area contributed by atoms with Crippen LogP contribution in [0.5, 0.6) is 0 Å². The van der Waals surface area contributed by atoms with Crippen molar-refractivity contribution in [3.8, 4) is 11.3 Å². The number of carbonyl (C=O) groups is 1. The van der Waals surface area contributed by atoms with E-state index < -0.39 is 10.0 Å². The zero-order valence-corrected chi connectivity index (χ0v) is 17.6. The molecule has 0 atom stereocenters. The zero-order chi connectivity index (χ0) is 21.1. The van der Waals surface area contributed by atoms with Crippen molar-refractivity contribution in [2.45, 2.75) is 10.8 Å². The monoisotopic (exact) mass is 438 g/mol. The van der Waals surface area contributed by atoms with Crippen molar-refractivity contribution < 1.29 is 13.2 Å². The van der Waals surface area contributed by atoms with Crippen LogP contribution in [0.3, 0.4) is 0 Å². The summed E-state index contributed by atoms with van der Waals surface area (Å²) >= 11 is 1.12. The predicted molar refractivity (Wildman–Crippen MR) is 117 cm³/mol. The van der Waals surface area contributed by atoms with E-state index in [4.69, 9.17) is 0 Å². The number of hydrogen-bond donors (Lipinski definition) is 2. The van der Waals surface area contributed by atoms with Gasteiger partial charge in [-0.3, -0.25) is 9.78 Å². The van der Waals surface area contributed by atoms with Gasteiger partial charge in [0.05, 0.1) is 23.3 Å². The third kappa shape index (κ3) is 4.09. The van der Waals surface area contributed by atoms with Crippen molar-refractivity contribution in [3.63, 3.8) is 0 Å². The molecule has 1 aromatic carbocycles.